The number of ketones is 1. The molecule has 182 valence electrons. The van der Waals surface area contributed by atoms with Gasteiger partial charge in [-0.1, -0.05) is 38.0 Å². The lowest BCUT2D eigenvalue weighted by atomic mass is 9.67. The van der Waals surface area contributed by atoms with E-state index in [4.69, 9.17) is 4.74 Å². The highest BCUT2D eigenvalue weighted by atomic mass is 16.5. The topological polar surface area (TPSA) is 99.5 Å². The second-order valence-electron chi connectivity index (χ2n) is 11.3. The normalized spacial score (nSPS) is 25.5. The molecule has 3 atom stereocenters. The minimum atomic E-state index is -0.742. The molecule has 2 saturated carbocycles. The number of nitrogens with one attached hydrogen (secondary N) is 1. The monoisotopic (exact) mass is 465 g/mol. The van der Waals surface area contributed by atoms with Crippen molar-refractivity contribution >= 4 is 17.6 Å². The Morgan fingerprint density at radius 3 is 2.50 bits per heavy atom. The predicted molar refractivity (Wildman–Crippen MR) is 127 cm³/mol. The number of nitriles is 1. The van der Waals surface area contributed by atoms with Gasteiger partial charge in [0.1, 0.15) is 23.6 Å². The molecule has 1 N–H and O–H groups in total. The quantitative estimate of drug-likeness (QED) is 0.664. The van der Waals surface area contributed by atoms with E-state index in [-0.39, 0.29) is 41.0 Å². The molecule has 2 amide bonds. The maximum atomic E-state index is 13.3. The van der Waals surface area contributed by atoms with Gasteiger partial charge in [-0.05, 0) is 62.0 Å². The summed E-state index contributed by atoms with van der Waals surface area (Å²) in [7, 11) is 0. The van der Waals surface area contributed by atoms with Crippen molar-refractivity contribution in [2.75, 3.05) is 13.2 Å². The van der Waals surface area contributed by atoms with Crippen LogP contribution >= 0.6 is 0 Å². The number of rotatable bonds is 7. The van der Waals surface area contributed by atoms with Gasteiger partial charge in [-0.25, -0.2) is 0 Å². The lowest BCUT2D eigenvalue weighted by Gasteiger charge is -2.37. The zero-order chi connectivity index (χ0) is 24.5. The van der Waals surface area contributed by atoms with Crippen LogP contribution in [0.2, 0.25) is 0 Å². The van der Waals surface area contributed by atoms with Crippen LogP contribution in [0.4, 0.5) is 0 Å². The summed E-state index contributed by atoms with van der Waals surface area (Å²) in [5.41, 5.74) is 1.04. The molecular formula is C27H35N3O4. The number of nitrogens with zero attached hydrogens (tertiary/aromatic N) is 2. The summed E-state index contributed by atoms with van der Waals surface area (Å²) in [6.45, 7) is 6.52. The highest BCUT2D eigenvalue weighted by Crippen LogP contribution is 2.50. The molecule has 7 nitrogen and oxygen atoms in total. The van der Waals surface area contributed by atoms with E-state index in [0.29, 0.717) is 31.6 Å². The van der Waals surface area contributed by atoms with Gasteiger partial charge in [0.15, 0.2) is 6.61 Å². The Hall–Kier alpha value is -2.88. The minimum absolute atomic E-state index is 0.00485. The zero-order valence-corrected chi connectivity index (χ0v) is 20.4. The van der Waals surface area contributed by atoms with Crippen LogP contribution in [-0.4, -0.2) is 47.7 Å². The largest absolute Gasteiger partial charge is 0.484 e. The van der Waals surface area contributed by atoms with E-state index in [9.17, 15) is 19.6 Å². The third-order valence-electron chi connectivity index (χ3n) is 7.83. The Morgan fingerprint density at radius 1 is 1.24 bits per heavy atom. The summed E-state index contributed by atoms with van der Waals surface area (Å²) in [5, 5.41) is 12.5. The molecule has 1 saturated heterocycles. The molecule has 3 fully saturated rings. The van der Waals surface area contributed by atoms with Crippen LogP contribution < -0.4 is 10.1 Å². The number of amides is 2. The molecule has 2 aliphatic carbocycles. The Bertz CT molecular complexity index is 990. The van der Waals surface area contributed by atoms with Gasteiger partial charge < -0.3 is 15.0 Å². The first kappa shape index (κ1) is 24.3. The van der Waals surface area contributed by atoms with E-state index < -0.39 is 12.1 Å². The first-order valence-corrected chi connectivity index (χ1v) is 12.3. The highest BCUT2D eigenvalue weighted by molar-refractivity contribution is 5.89. The molecular weight excluding hydrogens is 430 g/mol. The van der Waals surface area contributed by atoms with Crippen molar-refractivity contribution < 1.29 is 19.1 Å². The summed E-state index contributed by atoms with van der Waals surface area (Å²) in [6, 6.07) is 8.31. The van der Waals surface area contributed by atoms with Crippen molar-refractivity contribution in [3.63, 3.8) is 0 Å². The van der Waals surface area contributed by atoms with Gasteiger partial charge >= 0.3 is 0 Å². The van der Waals surface area contributed by atoms with Crippen molar-refractivity contribution in [1.29, 1.82) is 5.26 Å². The number of Topliss-reactive ketones (excluding diaryl/α,β-unsaturated/α-hetero) is 1. The third kappa shape index (κ3) is 5.27. The standard InChI is InChI=1S/C27H35N3O4/c1-18-5-7-21(8-6-18)34-16-24(32)30-17-27(9-4-10-27)13-22(30)25(33)29-20(15-28)11-19-12-26(2,3)14-23(19)31/h5-8,19-20,22H,4,9-14,16-17H2,1-3H3,(H,29,33)/t19-,20+,22+/m1/s1. The fourth-order valence-electron chi connectivity index (χ4n) is 5.83. The predicted octanol–water partition coefficient (Wildman–Crippen LogP) is 3.55. The van der Waals surface area contributed by atoms with Crippen molar-refractivity contribution in [2.45, 2.75) is 77.8 Å². The average molecular weight is 466 g/mol. The maximum Gasteiger partial charge on any atom is 0.261 e. The van der Waals surface area contributed by atoms with E-state index in [0.717, 1.165) is 31.2 Å². The van der Waals surface area contributed by atoms with Crippen molar-refractivity contribution in [2.24, 2.45) is 16.7 Å². The van der Waals surface area contributed by atoms with Crippen LogP contribution in [0.3, 0.4) is 0 Å². The zero-order valence-electron chi connectivity index (χ0n) is 20.4. The fourth-order valence-corrected chi connectivity index (χ4v) is 5.83. The first-order chi connectivity index (χ1) is 16.1. The molecule has 1 spiro atoms. The molecule has 4 rings (SSSR count). The molecule has 3 aliphatic rings. The van der Waals surface area contributed by atoms with Crippen LogP contribution in [0, 0.1) is 35.0 Å². The molecule has 34 heavy (non-hydrogen) atoms. The molecule has 1 heterocycles. The number of benzene rings is 1. The fraction of sp³-hybridized carbons (Fsp3) is 0.630. The lowest BCUT2D eigenvalue weighted by Crippen LogP contribution is -2.50. The second kappa shape index (κ2) is 9.40. The summed E-state index contributed by atoms with van der Waals surface area (Å²) in [6.07, 6.45) is 5.30. The van der Waals surface area contributed by atoms with Gasteiger partial charge in [0.25, 0.3) is 5.91 Å². The summed E-state index contributed by atoms with van der Waals surface area (Å²) < 4.78 is 5.69. The second-order valence-corrected chi connectivity index (χ2v) is 11.3. The Labute approximate surface area is 201 Å². The van der Waals surface area contributed by atoms with Gasteiger partial charge in [0.05, 0.1) is 6.07 Å². The molecule has 1 aromatic rings. The van der Waals surface area contributed by atoms with Crippen molar-refractivity contribution in [3.8, 4) is 11.8 Å². The SMILES string of the molecule is Cc1ccc(OCC(=O)N2CC3(CCC3)C[C@H]2C(=O)N[C@H](C#N)C[C@@H]2CC(C)(C)CC2=O)cc1. The van der Waals surface area contributed by atoms with Crippen molar-refractivity contribution in [3.05, 3.63) is 29.8 Å². The van der Waals surface area contributed by atoms with Crippen LogP contribution in [0.1, 0.15) is 64.4 Å². The smallest absolute Gasteiger partial charge is 0.261 e. The molecule has 0 radical (unpaired) electrons. The molecule has 7 heteroatoms. The van der Waals surface area contributed by atoms with Crippen LogP contribution in [0.15, 0.2) is 24.3 Å². The molecule has 0 unspecified atom stereocenters. The Kier molecular flexibility index (Phi) is 6.71. The van der Waals surface area contributed by atoms with Crippen LogP contribution in [0.25, 0.3) is 0 Å². The number of ether oxygens (including phenoxy) is 1. The van der Waals surface area contributed by atoms with Gasteiger partial charge in [-0.2, -0.15) is 5.26 Å². The minimum Gasteiger partial charge on any atom is -0.484 e. The van der Waals surface area contributed by atoms with Gasteiger partial charge in [0.2, 0.25) is 5.91 Å². The number of hydrogen-bond donors (Lipinski definition) is 1. The molecule has 1 aromatic carbocycles. The van der Waals surface area contributed by atoms with Crippen molar-refractivity contribution in [1.82, 2.24) is 10.2 Å². The van der Waals surface area contributed by atoms with E-state index in [1.807, 2.05) is 31.2 Å². The van der Waals surface area contributed by atoms with Gasteiger partial charge in [-0.15, -0.1) is 0 Å². The van der Waals surface area contributed by atoms with Crippen LogP contribution in [0.5, 0.6) is 5.75 Å². The summed E-state index contributed by atoms with van der Waals surface area (Å²) in [5.74, 6) is 0.0571. The third-order valence-corrected chi connectivity index (χ3v) is 7.83. The number of likely N-dealkylation sites (tertiary alicyclic amines) is 1. The number of carbonyl (C=O) groups is 3. The highest BCUT2D eigenvalue weighted by Gasteiger charge is 2.51. The van der Waals surface area contributed by atoms with Gasteiger partial charge in [-0.3, -0.25) is 14.4 Å². The molecule has 0 bridgehead atoms. The maximum absolute atomic E-state index is 13.3. The average Bonchev–Trinajstić information content (AvgIpc) is 3.30. The number of hydrogen-bond acceptors (Lipinski definition) is 5. The Morgan fingerprint density at radius 2 is 1.94 bits per heavy atom. The molecule has 0 aromatic heterocycles. The van der Waals surface area contributed by atoms with Gasteiger partial charge in [0, 0.05) is 18.9 Å². The lowest BCUT2D eigenvalue weighted by molar-refractivity contribution is -0.140. The Balaban J connectivity index is 1.39. The van der Waals surface area contributed by atoms with E-state index in [1.54, 1.807) is 4.90 Å². The van der Waals surface area contributed by atoms with E-state index in [2.05, 4.69) is 25.2 Å². The first-order valence-electron chi connectivity index (χ1n) is 12.3. The summed E-state index contributed by atoms with van der Waals surface area (Å²) >= 11 is 0. The van der Waals surface area contributed by atoms with E-state index >= 15 is 0 Å². The van der Waals surface area contributed by atoms with Crippen LogP contribution in [-0.2, 0) is 14.4 Å². The number of aryl methyl sites for hydroxylation is 1. The number of carbonyl (C=O) groups excluding carboxylic acids is 3. The summed E-state index contributed by atoms with van der Waals surface area (Å²) in [4.78, 5) is 40.4. The molecule has 1 aliphatic heterocycles. The van der Waals surface area contributed by atoms with E-state index in [1.165, 1.54) is 0 Å².